The number of hydrogen-bond acceptors (Lipinski definition) is 2. The molecule has 0 aromatic rings. The van der Waals surface area contributed by atoms with Gasteiger partial charge >= 0.3 is 0 Å². The molecule has 2 rings (SSSR count). The van der Waals surface area contributed by atoms with Gasteiger partial charge in [-0.05, 0) is 37.0 Å². The van der Waals surface area contributed by atoms with E-state index in [4.69, 9.17) is 5.53 Å². The Balaban J connectivity index is 1.78. The van der Waals surface area contributed by atoms with Gasteiger partial charge in [-0.15, -0.1) is 0 Å². The minimum absolute atomic E-state index is 0.741. The number of allylic oxidation sites excluding steroid dienone is 2. The molecule has 0 spiro atoms. The van der Waals surface area contributed by atoms with Crippen molar-refractivity contribution < 1.29 is 0 Å². The second kappa shape index (κ2) is 3.25. The molecular formula is C9H15N3. The molecule has 0 bridgehead atoms. The Bertz CT molecular complexity index is 200. The van der Waals surface area contributed by atoms with E-state index in [0.29, 0.717) is 0 Å². The molecular weight excluding hydrogens is 150 g/mol. The third-order valence-corrected chi connectivity index (χ3v) is 3.13. The molecule has 66 valence electrons. The van der Waals surface area contributed by atoms with Crippen molar-refractivity contribution in [1.82, 2.24) is 5.43 Å². The van der Waals surface area contributed by atoms with Crippen LogP contribution in [0.5, 0.6) is 0 Å². The summed E-state index contributed by atoms with van der Waals surface area (Å²) >= 11 is 0. The van der Waals surface area contributed by atoms with Crippen molar-refractivity contribution in [2.24, 2.45) is 23.0 Å². The van der Waals surface area contributed by atoms with Crippen LogP contribution in [-0.4, -0.2) is 6.54 Å². The van der Waals surface area contributed by atoms with Crippen molar-refractivity contribution in [2.45, 2.75) is 19.3 Å². The summed E-state index contributed by atoms with van der Waals surface area (Å²) in [5.74, 6) is 2.47. The summed E-state index contributed by atoms with van der Waals surface area (Å²) in [5, 5.41) is 3.17. The highest BCUT2D eigenvalue weighted by Gasteiger charge is 2.31. The highest BCUT2D eigenvalue weighted by Crippen LogP contribution is 2.40. The molecule has 1 fully saturated rings. The van der Waals surface area contributed by atoms with Gasteiger partial charge in [0.15, 0.2) is 0 Å². The predicted octanol–water partition coefficient (Wildman–Crippen LogP) is 2.12. The van der Waals surface area contributed by atoms with Gasteiger partial charge < -0.3 is 0 Å². The van der Waals surface area contributed by atoms with E-state index in [1.54, 1.807) is 0 Å². The lowest BCUT2D eigenvalue weighted by Crippen LogP contribution is -2.31. The van der Waals surface area contributed by atoms with Crippen molar-refractivity contribution in [3.8, 4) is 0 Å². The highest BCUT2D eigenvalue weighted by atomic mass is 15.4. The summed E-state index contributed by atoms with van der Waals surface area (Å²) < 4.78 is 0. The molecule has 0 aromatic heterocycles. The van der Waals surface area contributed by atoms with Gasteiger partial charge in [-0.1, -0.05) is 17.4 Å². The standard InChI is InChI=1S/C9H15N3/c10-12-11-6-7-1-2-8-3-4-9(8)5-7/h3-4,7-9H,1-2,5-6H2,(H2,10,11)/t7-,8?,9+/m1/s1. The first-order valence-corrected chi connectivity index (χ1v) is 4.68. The van der Waals surface area contributed by atoms with Crippen LogP contribution in [0.2, 0.25) is 0 Å². The van der Waals surface area contributed by atoms with Crippen LogP contribution < -0.4 is 5.43 Å². The van der Waals surface area contributed by atoms with Crippen LogP contribution in [0.3, 0.4) is 0 Å². The summed E-state index contributed by atoms with van der Waals surface area (Å²) in [6.07, 6.45) is 8.60. The second-order valence-electron chi connectivity index (χ2n) is 3.87. The van der Waals surface area contributed by atoms with Crippen molar-refractivity contribution >= 4 is 0 Å². The van der Waals surface area contributed by atoms with Crippen LogP contribution in [0.1, 0.15) is 19.3 Å². The van der Waals surface area contributed by atoms with Crippen molar-refractivity contribution in [3.05, 3.63) is 12.2 Å². The van der Waals surface area contributed by atoms with E-state index < -0.39 is 0 Å². The van der Waals surface area contributed by atoms with Crippen LogP contribution in [0.25, 0.3) is 0 Å². The number of nitrogens with one attached hydrogen (secondary N) is 2. The largest absolute Gasteiger partial charge is 0.292 e. The van der Waals surface area contributed by atoms with Crippen LogP contribution in [0.4, 0.5) is 0 Å². The quantitative estimate of drug-likeness (QED) is 0.375. The molecule has 0 radical (unpaired) electrons. The fourth-order valence-corrected chi connectivity index (χ4v) is 2.28. The van der Waals surface area contributed by atoms with Gasteiger partial charge in [0.1, 0.15) is 0 Å². The molecule has 0 saturated heterocycles. The van der Waals surface area contributed by atoms with Gasteiger partial charge in [-0.3, -0.25) is 5.43 Å². The van der Waals surface area contributed by atoms with Gasteiger partial charge in [-0.2, -0.15) is 5.53 Å². The van der Waals surface area contributed by atoms with E-state index in [-0.39, 0.29) is 0 Å². The molecule has 2 N–H and O–H groups in total. The first-order valence-electron chi connectivity index (χ1n) is 4.68. The SMILES string of the molecule is N=NNC[C@@H]1CCC2C=C[C@H]2C1. The maximum Gasteiger partial charge on any atom is 0.0374 e. The van der Waals surface area contributed by atoms with Crippen LogP contribution in [0.15, 0.2) is 17.4 Å². The second-order valence-corrected chi connectivity index (χ2v) is 3.87. The van der Waals surface area contributed by atoms with Gasteiger partial charge in [0.25, 0.3) is 0 Å². The van der Waals surface area contributed by atoms with E-state index in [0.717, 1.165) is 24.3 Å². The smallest absolute Gasteiger partial charge is 0.0374 e. The summed E-state index contributed by atoms with van der Waals surface area (Å²) in [7, 11) is 0. The van der Waals surface area contributed by atoms with E-state index >= 15 is 0 Å². The summed E-state index contributed by atoms with van der Waals surface area (Å²) in [6, 6.07) is 0. The average Bonchev–Trinajstić information content (AvgIpc) is 2.05. The monoisotopic (exact) mass is 165 g/mol. The van der Waals surface area contributed by atoms with E-state index in [9.17, 15) is 0 Å². The Morgan fingerprint density at radius 1 is 1.33 bits per heavy atom. The molecule has 2 aliphatic rings. The fraction of sp³-hybridized carbons (Fsp3) is 0.778. The van der Waals surface area contributed by atoms with Crippen LogP contribution >= 0.6 is 0 Å². The zero-order valence-electron chi connectivity index (χ0n) is 7.16. The maximum atomic E-state index is 6.63. The first-order chi connectivity index (χ1) is 5.90. The minimum atomic E-state index is 0.741. The molecule has 1 saturated carbocycles. The topological polar surface area (TPSA) is 48.2 Å². The van der Waals surface area contributed by atoms with Gasteiger partial charge in [0, 0.05) is 6.54 Å². The highest BCUT2D eigenvalue weighted by molar-refractivity contribution is 5.11. The fourth-order valence-electron chi connectivity index (χ4n) is 2.28. The Hall–Kier alpha value is -0.860. The minimum Gasteiger partial charge on any atom is -0.292 e. The molecule has 1 unspecified atom stereocenters. The van der Waals surface area contributed by atoms with Gasteiger partial charge in [0.05, 0.1) is 0 Å². The lowest BCUT2D eigenvalue weighted by atomic mass is 9.68. The van der Waals surface area contributed by atoms with Crippen LogP contribution in [0, 0.1) is 23.3 Å². The zero-order chi connectivity index (χ0) is 8.39. The molecule has 12 heavy (non-hydrogen) atoms. The van der Waals surface area contributed by atoms with Crippen LogP contribution in [-0.2, 0) is 0 Å². The number of fused-ring (bicyclic) bond motifs is 1. The molecule has 3 heteroatoms. The Morgan fingerprint density at radius 2 is 2.17 bits per heavy atom. The number of rotatable bonds is 3. The molecule has 3 nitrogen and oxygen atoms in total. The molecule has 0 aromatic carbocycles. The maximum absolute atomic E-state index is 6.63. The summed E-state index contributed by atoms with van der Waals surface area (Å²) in [4.78, 5) is 0. The zero-order valence-corrected chi connectivity index (χ0v) is 7.16. The predicted molar refractivity (Wildman–Crippen MR) is 46.6 cm³/mol. The lowest BCUT2D eigenvalue weighted by molar-refractivity contribution is 0.222. The Morgan fingerprint density at radius 3 is 2.75 bits per heavy atom. The Labute approximate surface area is 72.7 Å². The normalized spacial score (nSPS) is 38.2. The summed E-state index contributed by atoms with van der Waals surface area (Å²) in [5.41, 5.74) is 9.37. The van der Waals surface area contributed by atoms with Crippen molar-refractivity contribution in [2.75, 3.05) is 6.54 Å². The number of nitrogens with zero attached hydrogens (tertiary/aromatic N) is 1. The van der Waals surface area contributed by atoms with Crippen molar-refractivity contribution in [1.29, 1.82) is 5.53 Å². The van der Waals surface area contributed by atoms with Crippen molar-refractivity contribution in [3.63, 3.8) is 0 Å². The summed E-state index contributed by atoms with van der Waals surface area (Å²) in [6.45, 7) is 0.889. The molecule has 3 atom stereocenters. The molecule has 0 heterocycles. The van der Waals surface area contributed by atoms with E-state index in [2.05, 4.69) is 22.8 Å². The molecule has 2 aliphatic carbocycles. The van der Waals surface area contributed by atoms with E-state index in [1.165, 1.54) is 19.3 Å². The number of hydrogen-bond donors (Lipinski definition) is 2. The lowest BCUT2D eigenvalue weighted by Gasteiger charge is -2.38. The molecule has 0 aliphatic heterocycles. The van der Waals surface area contributed by atoms with Gasteiger partial charge in [-0.25, -0.2) is 0 Å². The molecule has 0 amide bonds. The third-order valence-electron chi connectivity index (χ3n) is 3.13. The third kappa shape index (κ3) is 1.36. The average molecular weight is 165 g/mol. The Kier molecular flexibility index (Phi) is 2.11. The first kappa shape index (κ1) is 7.77. The van der Waals surface area contributed by atoms with Gasteiger partial charge in [0.2, 0.25) is 0 Å². The van der Waals surface area contributed by atoms with E-state index in [1.807, 2.05) is 0 Å².